The largest absolute Gasteiger partial charge is 0.497 e. The number of thioether (sulfide) groups is 1. The minimum atomic E-state index is -0.952. The van der Waals surface area contributed by atoms with Gasteiger partial charge in [0.05, 0.1) is 12.9 Å². The van der Waals surface area contributed by atoms with Crippen LogP contribution in [0.5, 0.6) is 5.75 Å². The van der Waals surface area contributed by atoms with Crippen LogP contribution in [-0.4, -0.2) is 58.6 Å². The van der Waals surface area contributed by atoms with Crippen LogP contribution in [0.15, 0.2) is 84.3 Å². The highest BCUT2D eigenvalue weighted by molar-refractivity contribution is 7.99. The summed E-state index contributed by atoms with van der Waals surface area (Å²) in [6, 6.07) is 19.4. The molecular weight excluding hydrogens is 536 g/mol. The first-order chi connectivity index (χ1) is 19.7. The number of aromatic nitrogens is 3. The third-order valence-corrected chi connectivity index (χ3v) is 7.14. The number of aryl methyl sites for hydroxylation is 2. The van der Waals surface area contributed by atoms with E-state index in [9.17, 15) is 9.59 Å². The van der Waals surface area contributed by atoms with Gasteiger partial charge in [-0.25, -0.2) is 9.97 Å². The summed E-state index contributed by atoms with van der Waals surface area (Å²) in [6.07, 6.45) is 3.37. The van der Waals surface area contributed by atoms with E-state index in [4.69, 9.17) is 4.74 Å². The fraction of sp³-hybridized carbons (Fsp3) is 0.258. The van der Waals surface area contributed by atoms with Crippen LogP contribution in [0.4, 0.5) is 11.4 Å². The average Bonchev–Trinajstić information content (AvgIpc) is 2.96. The lowest BCUT2D eigenvalue weighted by Gasteiger charge is -2.31. The number of pyridine rings is 1. The molecule has 0 aliphatic carbocycles. The van der Waals surface area contributed by atoms with Gasteiger partial charge in [-0.2, -0.15) is 0 Å². The zero-order valence-corrected chi connectivity index (χ0v) is 24.7. The van der Waals surface area contributed by atoms with Gasteiger partial charge in [0.1, 0.15) is 11.8 Å². The number of carbonyl (C=O) groups excluding carboxylic acids is 2. The first kappa shape index (κ1) is 29.5. The maximum atomic E-state index is 14.0. The Morgan fingerprint density at radius 3 is 2.34 bits per heavy atom. The van der Waals surface area contributed by atoms with Gasteiger partial charge in [0.2, 0.25) is 5.91 Å². The highest BCUT2D eigenvalue weighted by atomic mass is 32.2. The molecule has 4 rings (SSSR count). The van der Waals surface area contributed by atoms with Crippen LogP contribution in [0.25, 0.3) is 0 Å². The molecule has 0 aliphatic rings. The number of methoxy groups -OCH3 is 1. The summed E-state index contributed by atoms with van der Waals surface area (Å²) >= 11 is 1.25. The number of ether oxygens (including phenoxy) is 1. The number of amides is 2. The molecule has 4 aromatic rings. The predicted octanol–water partition coefficient (Wildman–Crippen LogP) is 5.06. The number of carbonyl (C=O) groups is 2. The summed E-state index contributed by atoms with van der Waals surface area (Å²) in [7, 11) is 5.48. The van der Waals surface area contributed by atoms with Crippen molar-refractivity contribution in [2.45, 2.75) is 31.6 Å². The topological polar surface area (TPSA) is 101 Å². The van der Waals surface area contributed by atoms with E-state index in [0.29, 0.717) is 22.2 Å². The molecule has 1 unspecified atom stereocenters. The van der Waals surface area contributed by atoms with Crippen LogP contribution in [0, 0.1) is 13.8 Å². The van der Waals surface area contributed by atoms with Crippen molar-refractivity contribution in [3.05, 3.63) is 102 Å². The number of benzene rings is 2. The fourth-order valence-electron chi connectivity index (χ4n) is 4.32. The van der Waals surface area contributed by atoms with Gasteiger partial charge in [-0.15, -0.1) is 0 Å². The minimum absolute atomic E-state index is 0.0500. The van der Waals surface area contributed by atoms with Gasteiger partial charge in [0, 0.05) is 55.8 Å². The van der Waals surface area contributed by atoms with Gasteiger partial charge in [-0.05, 0) is 73.5 Å². The lowest BCUT2D eigenvalue weighted by molar-refractivity contribution is -0.137. The van der Waals surface area contributed by atoms with Crippen molar-refractivity contribution in [1.82, 2.24) is 19.9 Å². The van der Waals surface area contributed by atoms with Gasteiger partial charge in [0.15, 0.2) is 5.16 Å². The molecule has 9 nitrogen and oxygen atoms in total. The van der Waals surface area contributed by atoms with Gasteiger partial charge in [-0.3, -0.25) is 14.6 Å². The van der Waals surface area contributed by atoms with Crippen LogP contribution < -0.4 is 15.0 Å². The van der Waals surface area contributed by atoms with Gasteiger partial charge in [-0.1, -0.05) is 30.0 Å². The summed E-state index contributed by atoms with van der Waals surface area (Å²) in [6.45, 7) is 3.96. The summed E-state index contributed by atoms with van der Waals surface area (Å²) in [5.41, 5.74) is 4.70. The number of hydrogen-bond acceptors (Lipinski definition) is 8. The Morgan fingerprint density at radius 2 is 1.71 bits per heavy atom. The SMILES string of the molecule is COc1cccc(C(C(=O)Nc2ccc(N(C)C)cc2)N(Cc2cccnc2)C(=O)CSc2nc(C)cc(C)n2)c1. The van der Waals surface area contributed by atoms with E-state index in [1.54, 1.807) is 36.5 Å². The van der Waals surface area contributed by atoms with E-state index in [1.165, 1.54) is 11.8 Å². The van der Waals surface area contributed by atoms with Gasteiger partial charge < -0.3 is 19.9 Å². The molecule has 10 heteroatoms. The summed E-state index contributed by atoms with van der Waals surface area (Å²) in [4.78, 5) is 44.7. The lowest BCUT2D eigenvalue weighted by atomic mass is 10.0. The minimum Gasteiger partial charge on any atom is -0.497 e. The van der Waals surface area contributed by atoms with Crippen molar-refractivity contribution in [3.8, 4) is 5.75 Å². The molecule has 0 saturated carbocycles. The number of anilines is 2. The first-order valence-electron chi connectivity index (χ1n) is 13.1. The molecule has 2 amide bonds. The molecule has 0 radical (unpaired) electrons. The van der Waals surface area contributed by atoms with Crippen molar-refractivity contribution < 1.29 is 14.3 Å². The molecule has 0 spiro atoms. The van der Waals surface area contributed by atoms with Gasteiger partial charge in [0.25, 0.3) is 5.91 Å². The van der Waals surface area contributed by atoms with E-state index >= 15 is 0 Å². The van der Waals surface area contributed by atoms with E-state index in [1.807, 2.05) is 87.4 Å². The van der Waals surface area contributed by atoms with Crippen molar-refractivity contribution in [2.75, 3.05) is 37.2 Å². The number of rotatable bonds is 11. The average molecular weight is 571 g/mol. The summed E-state index contributed by atoms with van der Waals surface area (Å²) in [5, 5.41) is 3.53. The quantitative estimate of drug-likeness (QED) is 0.197. The molecule has 1 N–H and O–H groups in total. The monoisotopic (exact) mass is 570 g/mol. The summed E-state index contributed by atoms with van der Waals surface area (Å²) < 4.78 is 5.45. The van der Waals surface area contributed by atoms with Crippen molar-refractivity contribution in [1.29, 1.82) is 0 Å². The molecule has 0 saturated heterocycles. The maximum absolute atomic E-state index is 14.0. The fourth-order valence-corrected chi connectivity index (χ4v) is 5.15. The van der Waals surface area contributed by atoms with Crippen molar-refractivity contribution >= 4 is 35.0 Å². The highest BCUT2D eigenvalue weighted by Crippen LogP contribution is 2.29. The molecule has 0 aliphatic heterocycles. The van der Waals surface area contributed by atoms with Crippen LogP contribution in [0.2, 0.25) is 0 Å². The second-order valence-corrected chi connectivity index (χ2v) is 10.7. The number of nitrogens with zero attached hydrogens (tertiary/aromatic N) is 5. The second-order valence-electron chi connectivity index (χ2n) is 9.71. The Bertz CT molecular complexity index is 1460. The smallest absolute Gasteiger partial charge is 0.251 e. The van der Waals surface area contributed by atoms with Crippen molar-refractivity contribution in [3.63, 3.8) is 0 Å². The van der Waals surface area contributed by atoms with Gasteiger partial charge >= 0.3 is 0 Å². The Labute approximate surface area is 245 Å². The molecule has 212 valence electrons. The second kappa shape index (κ2) is 13.8. The lowest BCUT2D eigenvalue weighted by Crippen LogP contribution is -2.41. The number of nitrogens with one attached hydrogen (secondary N) is 1. The standard InChI is InChI=1S/C31H34N6O3S/c1-21-16-22(2)34-31(33-21)41-20-28(38)37(19-23-8-7-15-32-18-23)29(24-9-6-10-27(17-24)40-5)30(39)35-25-11-13-26(14-12-25)36(3)4/h6-18,29H,19-20H2,1-5H3,(H,35,39). The molecule has 2 aromatic heterocycles. The normalized spacial score (nSPS) is 11.4. The third kappa shape index (κ3) is 8.04. The zero-order valence-electron chi connectivity index (χ0n) is 23.9. The van der Waals surface area contributed by atoms with Crippen molar-refractivity contribution in [2.24, 2.45) is 0 Å². The first-order valence-corrected chi connectivity index (χ1v) is 14.1. The molecule has 1 atom stereocenters. The number of hydrogen-bond donors (Lipinski definition) is 1. The molecule has 0 fully saturated rings. The van der Waals surface area contributed by atoms with E-state index < -0.39 is 6.04 Å². The molecule has 0 bridgehead atoms. The molecule has 2 aromatic carbocycles. The zero-order chi connectivity index (χ0) is 29.4. The van der Waals surface area contributed by atoms with Crippen LogP contribution in [-0.2, 0) is 16.1 Å². The molecule has 2 heterocycles. The van der Waals surface area contributed by atoms with E-state index in [0.717, 1.165) is 22.6 Å². The molecule has 41 heavy (non-hydrogen) atoms. The van der Waals surface area contributed by atoms with Crippen LogP contribution in [0.1, 0.15) is 28.6 Å². The predicted molar refractivity (Wildman–Crippen MR) is 162 cm³/mol. The maximum Gasteiger partial charge on any atom is 0.251 e. The Hall–Kier alpha value is -4.44. The molecular formula is C31H34N6O3S. The summed E-state index contributed by atoms with van der Waals surface area (Å²) in [5.74, 6) is 0.0461. The third-order valence-electron chi connectivity index (χ3n) is 6.30. The van der Waals surface area contributed by atoms with E-state index in [2.05, 4.69) is 20.3 Å². The van der Waals surface area contributed by atoms with E-state index in [-0.39, 0.29) is 24.1 Å². The Morgan fingerprint density at radius 1 is 0.976 bits per heavy atom. The van der Waals surface area contributed by atoms with Crippen LogP contribution >= 0.6 is 11.8 Å². The highest BCUT2D eigenvalue weighted by Gasteiger charge is 2.32. The van der Waals surface area contributed by atoms with Crippen LogP contribution in [0.3, 0.4) is 0 Å². The Kier molecular flexibility index (Phi) is 9.91. The Balaban J connectivity index is 1.70.